The van der Waals surface area contributed by atoms with E-state index in [1.165, 1.54) is 6.20 Å². The molecule has 4 N–H and O–H groups in total. The molecule has 0 saturated heterocycles. The van der Waals surface area contributed by atoms with E-state index < -0.39 is 0 Å². The van der Waals surface area contributed by atoms with Gasteiger partial charge in [-0.1, -0.05) is 12.1 Å². The van der Waals surface area contributed by atoms with Crippen LogP contribution in [0.4, 0.5) is 5.69 Å². The molecule has 6 heteroatoms. The Labute approximate surface area is 123 Å². The fourth-order valence-electron chi connectivity index (χ4n) is 1.89. The van der Waals surface area contributed by atoms with Gasteiger partial charge >= 0.3 is 0 Å². The Morgan fingerprint density at radius 1 is 1.29 bits per heavy atom. The Kier molecular flexibility index (Phi) is 4.73. The van der Waals surface area contributed by atoms with Crippen molar-refractivity contribution in [2.24, 2.45) is 5.84 Å². The van der Waals surface area contributed by atoms with E-state index in [-0.39, 0.29) is 11.9 Å². The molecule has 1 unspecified atom stereocenters. The van der Waals surface area contributed by atoms with Gasteiger partial charge in [-0.15, -0.1) is 0 Å². The van der Waals surface area contributed by atoms with Crippen LogP contribution in [0.5, 0.6) is 5.75 Å². The fraction of sp³-hybridized carbons (Fsp3) is 0.200. The van der Waals surface area contributed by atoms with Crippen LogP contribution in [-0.4, -0.2) is 18.0 Å². The number of pyridine rings is 1. The Bertz CT molecular complexity index is 613. The Morgan fingerprint density at radius 2 is 2.00 bits per heavy atom. The van der Waals surface area contributed by atoms with Gasteiger partial charge in [-0.05, 0) is 36.8 Å². The van der Waals surface area contributed by atoms with Crippen molar-refractivity contribution in [3.63, 3.8) is 0 Å². The number of hydrazine groups is 1. The minimum atomic E-state index is -0.254. The summed E-state index contributed by atoms with van der Waals surface area (Å²) < 4.78 is 5.11. The number of aromatic nitrogens is 1. The van der Waals surface area contributed by atoms with Gasteiger partial charge in [0.25, 0.3) is 5.91 Å². The summed E-state index contributed by atoms with van der Waals surface area (Å²) in [5.41, 5.74) is 4.41. The monoisotopic (exact) mass is 286 g/mol. The molecule has 0 spiro atoms. The molecule has 1 aromatic carbocycles. The second kappa shape index (κ2) is 6.71. The lowest BCUT2D eigenvalue weighted by Crippen LogP contribution is -2.27. The maximum Gasteiger partial charge on any atom is 0.270 e. The van der Waals surface area contributed by atoms with E-state index in [0.717, 1.165) is 11.3 Å². The van der Waals surface area contributed by atoms with Crippen LogP contribution in [0.15, 0.2) is 42.6 Å². The molecule has 0 aliphatic rings. The van der Waals surface area contributed by atoms with Crippen molar-refractivity contribution in [2.45, 2.75) is 13.0 Å². The maximum atomic E-state index is 12.2. The molecule has 21 heavy (non-hydrogen) atoms. The first-order valence-electron chi connectivity index (χ1n) is 6.51. The third kappa shape index (κ3) is 3.70. The SMILES string of the molecule is COc1ccc(C(C)NC(=O)c2cc(NN)ccn2)cc1. The van der Waals surface area contributed by atoms with Gasteiger partial charge in [0.05, 0.1) is 18.8 Å². The summed E-state index contributed by atoms with van der Waals surface area (Å²) in [7, 11) is 1.62. The molecule has 2 rings (SSSR count). The number of nitrogen functional groups attached to an aromatic ring is 1. The molecule has 0 bridgehead atoms. The van der Waals surface area contributed by atoms with Crippen molar-refractivity contribution in [1.29, 1.82) is 0 Å². The van der Waals surface area contributed by atoms with E-state index in [4.69, 9.17) is 10.6 Å². The smallest absolute Gasteiger partial charge is 0.270 e. The number of rotatable bonds is 5. The number of ether oxygens (including phenoxy) is 1. The first-order chi connectivity index (χ1) is 10.1. The van der Waals surface area contributed by atoms with Gasteiger partial charge < -0.3 is 15.5 Å². The minimum Gasteiger partial charge on any atom is -0.497 e. The van der Waals surface area contributed by atoms with Crippen LogP contribution in [-0.2, 0) is 0 Å². The fourth-order valence-corrected chi connectivity index (χ4v) is 1.89. The Balaban J connectivity index is 2.06. The number of carbonyl (C=O) groups excluding carboxylic acids is 1. The topological polar surface area (TPSA) is 89.3 Å². The van der Waals surface area contributed by atoms with Crippen LogP contribution in [0.1, 0.15) is 29.0 Å². The van der Waals surface area contributed by atoms with E-state index in [9.17, 15) is 4.79 Å². The van der Waals surface area contributed by atoms with Gasteiger partial charge in [0, 0.05) is 6.20 Å². The molecule has 2 aromatic rings. The van der Waals surface area contributed by atoms with Crippen molar-refractivity contribution in [2.75, 3.05) is 12.5 Å². The van der Waals surface area contributed by atoms with Crippen LogP contribution >= 0.6 is 0 Å². The van der Waals surface area contributed by atoms with Gasteiger partial charge in [-0.2, -0.15) is 0 Å². The van der Waals surface area contributed by atoms with Crippen LogP contribution in [0.3, 0.4) is 0 Å². The molecule has 0 radical (unpaired) electrons. The third-order valence-electron chi connectivity index (χ3n) is 3.12. The van der Waals surface area contributed by atoms with E-state index >= 15 is 0 Å². The van der Waals surface area contributed by atoms with Crippen LogP contribution < -0.4 is 21.3 Å². The van der Waals surface area contributed by atoms with Gasteiger partial charge in [-0.25, -0.2) is 0 Å². The molecule has 1 heterocycles. The highest BCUT2D eigenvalue weighted by atomic mass is 16.5. The summed E-state index contributed by atoms with van der Waals surface area (Å²) >= 11 is 0. The molecule has 6 nitrogen and oxygen atoms in total. The van der Waals surface area contributed by atoms with E-state index in [1.807, 2.05) is 31.2 Å². The van der Waals surface area contributed by atoms with Gasteiger partial charge in [0.2, 0.25) is 0 Å². The number of hydrogen-bond donors (Lipinski definition) is 3. The largest absolute Gasteiger partial charge is 0.497 e. The van der Waals surface area contributed by atoms with Crippen LogP contribution in [0, 0.1) is 0 Å². The van der Waals surface area contributed by atoms with E-state index in [2.05, 4.69) is 15.7 Å². The molecular weight excluding hydrogens is 268 g/mol. The quantitative estimate of drug-likeness (QED) is 0.576. The van der Waals surface area contributed by atoms with Gasteiger partial charge in [0.1, 0.15) is 11.4 Å². The third-order valence-corrected chi connectivity index (χ3v) is 3.12. The molecule has 1 aromatic heterocycles. The lowest BCUT2D eigenvalue weighted by Gasteiger charge is -2.14. The van der Waals surface area contributed by atoms with Gasteiger partial charge in [-0.3, -0.25) is 15.6 Å². The number of nitrogens with zero attached hydrogens (tertiary/aromatic N) is 1. The first kappa shape index (κ1) is 14.8. The van der Waals surface area contributed by atoms with Crippen molar-refractivity contribution in [3.05, 3.63) is 53.9 Å². The number of hydrogen-bond acceptors (Lipinski definition) is 5. The van der Waals surface area contributed by atoms with Gasteiger partial charge in [0.15, 0.2) is 0 Å². The average Bonchev–Trinajstić information content (AvgIpc) is 2.54. The van der Waals surface area contributed by atoms with Crippen molar-refractivity contribution >= 4 is 11.6 Å². The number of nitrogens with two attached hydrogens (primary N) is 1. The van der Waals surface area contributed by atoms with Crippen molar-refractivity contribution in [3.8, 4) is 5.75 Å². The minimum absolute atomic E-state index is 0.139. The number of methoxy groups -OCH3 is 1. The van der Waals surface area contributed by atoms with E-state index in [1.54, 1.807) is 19.2 Å². The van der Waals surface area contributed by atoms with Crippen LogP contribution in [0.2, 0.25) is 0 Å². The second-order valence-corrected chi connectivity index (χ2v) is 4.54. The second-order valence-electron chi connectivity index (χ2n) is 4.54. The zero-order chi connectivity index (χ0) is 15.2. The number of carbonyl (C=O) groups is 1. The first-order valence-corrected chi connectivity index (χ1v) is 6.51. The lowest BCUT2D eigenvalue weighted by molar-refractivity contribution is 0.0935. The summed E-state index contributed by atoms with van der Waals surface area (Å²) in [6.07, 6.45) is 1.53. The molecule has 0 aliphatic heterocycles. The van der Waals surface area contributed by atoms with E-state index in [0.29, 0.717) is 11.4 Å². The zero-order valence-electron chi connectivity index (χ0n) is 12.0. The predicted octanol–water partition coefficient (Wildman–Crippen LogP) is 1.87. The average molecular weight is 286 g/mol. The lowest BCUT2D eigenvalue weighted by atomic mass is 10.1. The van der Waals surface area contributed by atoms with Crippen molar-refractivity contribution < 1.29 is 9.53 Å². The normalized spacial score (nSPS) is 11.6. The summed E-state index contributed by atoms with van der Waals surface area (Å²) in [6, 6.07) is 10.7. The highest BCUT2D eigenvalue weighted by Crippen LogP contribution is 2.17. The standard InChI is InChI=1S/C15H18N4O2/c1-10(11-3-5-13(21-2)6-4-11)18-15(20)14-9-12(19-16)7-8-17-14/h3-10H,16H2,1-2H3,(H,17,19)(H,18,20). The summed E-state index contributed by atoms with van der Waals surface area (Å²) in [5, 5.41) is 2.89. The highest BCUT2D eigenvalue weighted by molar-refractivity contribution is 5.93. The van der Waals surface area contributed by atoms with Crippen LogP contribution in [0.25, 0.3) is 0 Å². The molecule has 0 aliphatic carbocycles. The highest BCUT2D eigenvalue weighted by Gasteiger charge is 2.13. The predicted molar refractivity (Wildman–Crippen MR) is 80.9 cm³/mol. The maximum absolute atomic E-state index is 12.2. The summed E-state index contributed by atoms with van der Waals surface area (Å²) in [5.74, 6) is 5.84. The Hall–Kier alpha value is -2.60. The number of amides is 1. The molecular formula is C15H18N4O2. The van der Waals surface area contributed by atoms with Crippen molar-refractivity contribution in [1.82, 2.24) is 10.3 Å². The molecule has 110 valence electrons. The summed E-state index contributed by atoms with van der Waals surface area (Å²) in [6.45, 7) is 1.91. The molecule has 0 saturated carbocycles. The molecule has 1 atom stereocenters. The summed E-state index contributed by atoms with van der Waals surface area (Å²) in [4.78, 5) is 16.2. The molecule has 1 amide bonds. The Morgan fingerprint density at radius 3 is 2.62 bits per heavy atom. The number of anilines is 1. The number of nitrogens with one attached hydrogen (secondary N) is 2. The number of benzene rings is 1. The zero-order valence-corrected chi connectivity index (χ0v) is 12.0. The molecule has 0 fully saturated rings.